The number of nitrogens with two attached hydrogens (primary N) is 1. The van der Waals surface area contributed by atoms with Crippen LogP contribution in [0.25, 0.3) is 0 Å². The normalized spacial score (nSPS) is 13.1. The summed E-state index contributed by atoms with van der Waals surface area (Å²) < 4.78 is 0. The first kappa shape index (κ1) is 9.70. The van der Waals surface area contributed by atoms with E-state index in [0.717, 1.165) is 13.0 Å². The minimum atomic E-state index is 0.661. The lowest BCUT2D eigenvalue weighted by atomic mass is 9.95. The molecule has 0 radical (unpaired) electrons. The summed E-state index contributed by atoms with van der Waals surface area (Å²) in [6.07, 6.45) is 3.48. The van der Waals surface area contributed by atoms with Crippen LogP contribution in [0.15, 0.2) is 12.2 Å². The maximum atomic E-state index is 5.40. The van der Waals surface area contributed by atoms with Crippen molar-refractivity contribution in [3.63, 3.8) is 0 Å². The van der Waals surface area contributed by atoms with Crippen molar-refractivity contribution < 1.29 is 0 Å². The van der Waals surface area contributed by atoms with Gasteiger partial charge in [0.05, 0.1) is 0 Å². The minimum absolute atomic E-state index is 0.661. The fourth-order valence-electron chi connectivity index (χ4n) is 1.07. The first-order valence-corrected chi connectivity index (χ1v) is 4.10. The molecule has 0 saturated carbocycles. The van der Waals surface area contributed by atoms with Crippen molar-refractivity contribution >= 4 is 0 Å². The lowest BCUT2D eigenvalue weighted by molar-refractivity contribution is 0.582. The highest BCUT2D eigenvalue weighted by Gasteiger charge is 2.03. The fourth-order valence-corrected chi connectivity index (χ4v) is 1.07. The van der Waals surface area contributed by atoms with Gasteiger partial charge >= 0.3 is 0 Å². The molecular weight excluding hydrogens is 122 g/mol. The van der Waals surface area contributed by atoms with Gasteiger partial charge in [0, 0.05) is 0 Å². The van der Waals surface area contributed by atoms with Crippen molar-refractivity contribution in [2.75, 3.05) is 6.54 Å². The Labute approximate surface area is 64.3 Å². The van der Waals surface area contributed by atoms with Crippen molar-refractivity contribution in [2.45, 2.75) is 33.1 Å². The molecule has 0 fully saturated rings. The molecule has 0 saturated heterocycles. The third kappa shape index (κ3) is 3.67. The van der Waals surface area contributed by atoms with E-state index in [0.29, 0.717) is 5.92 Å². The molecule has 1 heteroatoms. The Morgan fingerprint density at radius 2 is 2.20 bits per heavy atom. The lowest BCUT2D eigenvalue weighted by Gasteiger charge is -2.11. The zero-order valence-electron chi connectivity index (χ0n) is 7.19. The van der Waals surface area contributed by atoms with Crippen molar-refractivity contribution in [3.8, 4) is 0 Å². The maximum Gasteiger partial charge on any atom is -0.00399 e. The van der Waals surface area contributed by atoms with Crippen molar-refractivity contribution in [3.05, 3.63) is 12.2 Å². The summed E-state index contributed by atoms with van der Waals surface area (Å²) in [7, 11) is 0. The summed E-state index contributed by atoms with van der Waals surface area (Å²) in [4.78, 5) is 0. The van der Waals surface area contributed by atoms with Gasteiger partial charge in [0.1, 0.15) is 0 Å². The summed E-state index contributed by atoms with van der Waals surface area (Å²) in [5, 5.41) is 0. The summed E-state index contributed by atoms with van der Waals surface area (Å²) in [6, 6.07) is 0. The van der Waals surface area contributed by atoms with Crippen molar-refractivity contribution in [2.24, 2.45) is 11.7 Å². The summed E-state index contributed by atoms with van der Waals surface area (Å²) in [6.45, 7) is 9.15. The Morgan fingerprint density at radius 1 is 1.60 bits per heavy atom. The molecule has 1 atom stereocenters. The molecule has 0 bridgehead atoms. The van der Waals surface area contributed by atoms with Crippen LogP contribution < -0.4 is 5.73 Å². The number of hydrogen-bond acceptors (Lipinski definition) is 1. The van der Waals surface area contributed by atoms with E-state index >= 15 is 0 Å². The van der Waals surface area contributed by atoms with Gasteiger partial charge in [0.15, 0.2) is 0 Å². The van der Waals surface area contributed by atoms with Gasteiger partial charge in [-0.25, -0.2) is 0 Å². The Balaban J connectivity index is 3.49. The molecule has 0 aromatic carbocycles. The average molecular weight is 141 g/mol. The molecule has 2 N–H and O–H groups in total. The van der Waals surface area contributed by atoms with Crippen molar-refractivity contribution in [1.82, 2.24) is 0 Å². The van der Waals surface area contributed by atoms with E-state index in [1.54, 1.807) is 0 Å². The molecule has 10 heavy (non-hydrogen) atoms. The van der Waals surface area contributed by atoms with E-state index in [-0.39, 0.29) is 0 Å². The quantitative estimate of drug-likeness (QED) is 0.584. The van der Waals surface area contributed by atoms with Crippen LogP contribution in [0.3, 0.4) is 0 Å². The highest BCUT2D eigenvalue weighted by Crippen LogP contribution is 2.16. The molecule has 0 rings (SSSR count). The van der Waals surface area contributed by atoms with Crippen LogP contribution in [0.4, 0.5) is 0 Å². The summed E-state index contributed by atoms with van der Waals surface area (Å²) >= 11 is 0. The van der Waals surface area contributed by atoms with E-state index in [1.807, 2.05) is 0 Å². The molecule has 0 aliphatic rings. The van der Waals surface area contributed by atoms with E-state index < -0.39 is 0 Å². The van der Waals surface area contributed by atoms with Crippen LogP contribution in [0.2, 0.25) is 0 Å². The second kappa shape index (κ2) is 5.48. The molecule has 0 aromatic rings. The third-order valence-electron chi connectivity index (χ3n) is 1.88. The second-order valence-corrected chi connectivity index (χ2v) is 2.89. The number of hydrogen-bond donors (Lipinski definition) is 1. The van der Waals surface area contributed by atoms with Crippen LogP contribution >= 0.6 is 0 Å². The fraction of sp³-hybridized carbons (Fsp3) is 0.778. The molecule has 60 valence electrons. The van der Waals surface area contributed by atoms with E-state index in [9.17, 15) is 0 Å². The van der Waals surface area contributed by atoms with Gasteiger partial charge in [0.25, 0.3) is 0 Å². The van der Waals surface area contributed by atoms with Crippen LogP contribution in [0, 0.1) is 5.92 Å². The largest absolute Gasteiger partial charge is 0.330 e. The average Bonchev–Trinajstić information content (AvgIpc) is 1.89. The van der Waals surface area contributed by atoms with Crippen LogP contribution in [-0.2, 0) is 0 Å². The standard InChI is InChI=1S/C9H19N/c1-4-5-8(2)9(3)6-7-10/h8H,3-7,10H2,1-2H3. The molecule has 0 heterocycles. The Morgan fingerprint density at radius 3 is 2.60 bits per heavy atom. The summed E-state index contributed by atoms with van der Waals surface area (Å²) in [5.41, 5.74) is 6.71. The summed E-state index contributed by atoms with van der Waals surface area (Å²) in [5.74, 6) is 0.661. The van der Waals surface area contributed by atoms with Crippen LogP contribution in [0.5, 0.6) is 0 Å². The second-order valence-electron chi connectivity index (χ2n) is 2.89. The molecule has 0 aliphatic carbocycles. The predicted molar refractivity (Wildman–Crippen MR) is 46.9 cm³/mol. The predicted octanol–water partition coefficient (Wildman–Crippen LogP) is 2.33. The Bertz CT molecular complexity index is 96.9. The third-order valence-corrected chi connectivity index (χ3v) is 1.88. The van der Waals surface area contributed by atoms with Gasteiger partial charge in [0.2, 0.25) is 0 Å². The maximum absolute atomic E-state index is 5.40. The van der Waals surface area contributed by atoms with Gasteiger partial charge in [-0.05, 0) is 25.3 Å². The topological polar surface area (TPSA) is 26.0 Å². The molecule has 0 spiro atoms. The first-order chi connectivity index (χ1) is 4.72. The molecule has 0 aliphatic heterocycles. The highest BCUT2D eigenvalue weighted by molar-refractivity contribution is 4.98. The Kier molecular flexibility index (Phi) is 5.32. The molecular formula is C9H19N. The smallest absolute Gasteiger partial charge is 0.00399 e. The van der Waals surface area contributed by atoms with Gasteiger partial charge in [-0.2, -0.15) is 0 Å². The van der Waals surface area contributed by atoms with E-state index in [1.165, 1.54) is 18.4 Å². The first-order valence-electron chi connectivity index (χ1n) is 4.10. The molecule has 1 unspecified atom stereocenters. The van der Waals surface area contributed by atoms with Crippen molar-refractivity contribution in [1.29, 1.82) is 0 Å². The van der Waals surface area contributed by atoms with Gasteiger partial charge < -0.3 is 5.73 Å². The minimum Gasteiger partial charge on any atom is -0.330 e. The Hall–Kier alpha value is -0.300. The zero-order valence-corrected chi connectivity index (χ0v) is 7.19. The monoisotopic (exact) mass is 141 g/mol. The van der Waals surface area contributed by atoms with E-state index in [4.69, 9.17) is 5.73 Å². The van der Waals surface area contributed by atoms with Gasteiger partial charge in [-0.3, -0.25) is 0 Å². The number of rotatable bonds is 5. The zero-order chi connectivity index (χ0) is 7.98. The van der Waals surface area contributed by atoms with Crippen LogP contribution in [0.1, 0.15) is 33.1 Å². The van der Waals surface area contributed by atoms with E-state index in [2.05, 4.69) is 20.4 Å². The molecule has 0 amide bonds. The lowest BCUT2D eigenvalue weighted by Crippen LogP contribution is -2.05. The molecule has 0 aromatic heterocycles. The highest BCUT2D eigenvalue weighted by atomic mass is 14.5. The van der Waals surface area contributed by atoms with Crippen LogP contribution in [-0.4, -0.2) is 6.54 Å². The SMILES string of the molecule is C=C(CCN)C(C)CCC. The van der Waals surface area contributed by atoms with Gasteiger partial charge in [-0.1, -0.05) is 32.4 Å². The molecule has 1 nitrogen and oxygen atoms in total. The van der Waals surface area contributed by atoms with Gasteiger partial charge in [-0.15, -0.1) is 0 Å².